The fourth-order valence-electron chi connectivity index (χ4n) is 4.91. The van der Waals surface area contributed by atoms with Gasteiger partial charge in [0.1, 0.15) is 5.82 Å². The number of alkyl halides is 3. The Labute approximate surface area is 236 Å². The Hall–Kier alpha value is -3.70. The van der Waals surface area contributed by atoms with Crippen molar-refractivity contribution < 1.29 is 17.6 Å². The third kappa shape index (κ3) is 6.37. The first-order valence-corrected chi connectivity index (χ1v) is 13.1. The normalized spacial score (nSPS) is 19.7. The lowest BCUT2D eigenvalue weighted by Crippen LogP contribution is -2.35. The molecule has 0 amide bonds. The Bertz CT molecular complexity index is 1460. The maximum atomic E-state index is 13.6. The Balaban J connectivity index is 1.91. The fraction of sp³-hybridized carbons (Fsp3) is 0.276. The third-order valence-electron chi connectivity index (χ3n) is 7.04. The molecular weight excluding hydrogens is 540 g/mol. The third-order valence-corrected chi connectivity index (χ3v) is 7.26. The zero-order chi connectivity index (χ0) is 28.9. The summed E-state index contributed by atoms with van der Waals surface area (Å²) in [6.45, 7) is 7.49. The number of nitrogens with one attached hydrogen (secondary N) is 1. The molecule has 3 N–H and O–H groups in total. The smallest absolute Gasteiger partial charge is 0.404 e. The minimum atomic E-state index is -4.54. The number of nitrogens with zero attached hydrogens (tertiary/aromatic N) is 4. The van der Waals surface area contributed by atoms with Gasteiger partial charge in [0.25, 0.3) is 0 Å². The number of aryl methyl sites for hydroxylation is 1. The van der Waals surface area contributed by atoms with Crippen LogP contribution in [0.4, 0.5) is 23.2 Å². The van der Waals surface area contributed by atoms with E-state index in [1.165, 1.54) is 18.3 Å². The molecule has 1 unspecified atom stereocenters. The first-order chi connectivity index (χ1) is 19.1. The van der Waals surface area contributed by atoms with E-state index < -0.39 is 17.2 Å². The number of aliphatic imine (C=N–C) groups is 1. The summed E-state index contributed by atoms with van der Waals surface area (Å²) in [5.74, 6) is -0.381. The maximum absolute atomic E-state index is 13.6. The highest BCUT2D eigenvalue weighted by Gasteiger charge is 2.43. The lowest BCUT2D eigenvalue weighted by Gasteiger charge is -2.42. The molecule has 0 saturated heterocycles. The Morgan fingerprint density at radius 1 is 1.25 bits per heavy atom. The number of nitrogens with two attached hydrogens (primary N) is 1. The Kier molecular flexibility index (Phi) is 8.95. The molecule has 1 aliphatic carbocycles. The van der Waals surface area contributed by atoms with Gasteiger partial charge in [0.05, 0.1) is 34.7 Å². The summed E-state index contributed by atoms with van der Waals surface area (Å²) in [5, 5.41) is 0. The van der Waals surface area contributed by atoms with Crippen LogP contribution in [0.2, 0.25) is 0 Å². The van der Waals surface area contributed by atoms with Gasteiger partial charge in [-0.15, -0.1) is 0 Å². The lowest BCUT2D eigenvalue weighted by atomic mass is 9.62. The van der Waals surface area contributed by atoms with E-state index in [1.807, 2.05) is 23.8 Å². The topological polar surface area (TPSA) is 81.1 Å². The van der Waals surface area contributed by atoms with Crippen molar-refractivity contribution in [3.8, 4) is 0 Å². The molecule has 1 aliphatic rings. The van der Waals surface area contributed by atoms with Gasteiger partial charge in [0.2, 0.25) is 0 Å². The van der Waals surface area contributed by atoms with Crippen molar-refractivity contribution in [3.63, 3.8) is 0 Å². The number of halogens is 4. The summed E-state index contributed by atoms with van der Waals surface area (Å²) in [6.07, 6.45) is 4.68. The Morgan fingerprint density at radius 2 is 2.00 bits per heavy atom. The molecule has 1 atom stereocenters. The first-order valence-electron chi connectivity index (χ1n) is 12.7. The molecular formula is C29H30F4N6S. The molecule has 3 aromatic rings. The number of rotatable bonds is 9. The van der Waals surface area contributed by atoms with Gasteiger partial charge in [-0.1, -0.05) is 25.0 Å². The van der Waals surface area contributed by atoms with Crippen LogP contribution in [-0.2, 0) is 19.1 Å². The van der Waals surface area contributed by atoms with Crippen molar-refractivity contribution in [3.05, 3.63) is 108 Å². The molecule has 4 rings (SSSR count). The monoisotopic (exact) mass is 570 g/mol. The molecule has 6 nitrogen and oxygen atoms in total. The van der Waals surface area contributed by atoms with Crippen molar-refractivity contribution in [2.24, 2.45) is 16.1 Å². The molecule has 2 aromatic heterocycles. The number of hydrogen-bond donors (Lipinski definition) is 3. The largest absolute Gasteiger partial charge is 0.416 e. The molecule has 2 heterocycles. The predicted molar refractivity (Wildman–Crippen MR) is 152 cm³/mol. The van der Waals surface area contributed by atoms with E-state index in [-0.39, 0.29) is 17.9 Å². The van der Waals surface area contributed by atoms with Crippen LogP contribution < -0.4 is 10.5 Å². The highest BCUT2D eigenvalue weighted by atomic mass is 32.1. The van der Waals surface area contributed by atoms with Crippen LogP contribution in [0.15, 0.2) is 90.1 Å². The summed E-state index contributed by atoms with van der Waals surface area (Å²) in [5.41, 5.74) is 8.29. The van der Waals surface area contributed by atoms with Crippen LogP contribution in [0, 0.1) is 11.2 Å². The minimum absolute atomic E-state index is 0.129. The summed E-state index contributed by atoms with van der Waals surface area (Å²) < 4.78 is 59.2. The van der Waals surface area contributed by atoms with Gasteiger partial charge in [-0.25, -0.2) is 14.4 Å². The minimum Gasteiger partial charge on any atom is -0.404 e. The van der Waals surface area contributed by atoms with Crippen LogP contribution in [0.1, 0.15) is 36.7 Å². The number of pyridine rings is 1. The van der Waals surface area contributed by atoms with E-state index >= 15 is 0 Å². The summed E-state index contributed by atoms with van der Waals surface area (Å²) in [6, 6.07) is 7.72. The SMILES string of the molecule is C=C(c1cc(C(F)(F)F)ccn1)C1(Cc2cn(CC)cn2)CC(=CN)C(=Nc2ccc(F)cc2)C=C1CCNS. The predicted octanol–water partition coefficient (Wildman–Crippen LogP) is 6.47. The van der Waals surface area contributed by atoms with Crippen molar-refractivity contribution in [1.29, 1.82) is 0 Å². The second kappa shape index (κ2) is 12.2. The maximum Gasteiger partial charge on any atom is 0.416 e. The molecule has 0 saturated carbocycles. The van der Waals surface area contributed by atoms with E-state index in [4.69, 9.17) is 10.7 Å². The second-order valence-electron chi connectivity index (χ2n) is 9.53. The van der Waals surface area contributed by atoms with Crippen LogP contribution in [0.3, 0.4) is 0 Å². The van der Waals surface area contributed by atoms with Crippen molar-refractivity contribution in [1.82, 2.24) is 19.3 Å². The van der Waals surface area contributed by atoms with Gasteiger partial charge in [-0.2, -0.15) is 13.2 Å². The van der Waals surface area contributed by atoms with Gasteiger partial charge in [0.15, 0.2) is 0 Å². The molecule has 0 bridgehead atoms. The summed E-state index contributed by atoms with van der Waals surface area (Å²) >= 11 is 4.16. The molecule has 0 spiro atoms. The van der Waals surface area contributed by atoms with Gasteiger partial charge in [-0.05, 0) is 79.6 Å². The van der Waals surface area contributed by atoms with Crippen LogP contribution in [-0.4, -0.2) is 26.8 Å². The Morgan fingerprint density at radius 3 is 2.62 bits per heavy atom. The number of hydrogen-bond acceptors (Lipinski definition) is 6. The molecule has 0 radical (unpaired) electrons. The summed E-state index contributed by atoms with van der Waals surface area (Å²) in [4.78, 5) is 13.6. The van der Waals surface area contributed by atoms with E-state index in [0.29, 0.717) is 48.5 Å². The lowest BCUT2D eigenvalue weighted by molar-refractivity contribution is -0.137. The number of aromatic nitrogens is 3. The average Bonchev–Trinajstić information content (AvgIpc) is 3.40. The number of imidazole rings is 1. The van der Waals surface area contributed by atoms with Crippen molar-refractivity contribution in [2.45, 2.75) is 38.9 Å². The molecule has 1 aromatic carbocycles. The van der Waals surface area contributed by atoms with Gasteiger partial charge in [0, 0.05) is 37.3 Å². The van der Waals surface area contributed by atoms with Gasteiger partial charge in [-0.3, -0.25) is 9.71 Å². The molecule has 210 valence electrons. The van der Waals surface area contributed by atoms with E-state index in [0.717, 1.165) is 29.6 Å². The van der Waals surface area contributed by atoms with E-state index in [2.05, 4.69) is 34.1 Å². The van der Waals surface area contributed by atoms with E-state index in [1.54, 1.807) is 18.5 Å². The fourth-order valence-corrected chi connectivity index (χ4v) is 5.02. The zero-order valence-electron chi connectivity index (χ0n) is 21.9. The van der Waals surface area contributed by atoms with Crippen LogP contribution in [0.5, 0.6) is 0 Å². The molecule has 0 fully saturated rings. The molecule has 11 heteroatoms. The van der Waals surface area contributed by atoms with Crippen molar-refractivity contribution >= 4 is 29.8 Å². The van der Waals surface area contributed by atoms with E-state index in [9.17, 15) is 17.6 Å². The second-order valence-corrected chi connectivity index (χ2v) is 9.85. The van der Waals surface area contributed by atoms with Crippen molar-refractivity contribution in [2.75, 3.05) is 6.54 Å². The highest BCUT2D eigenvalue weighted by molar-refractivity contribution is 7.78. The van der Waals surface area contributed by atoms with Crippen LogP contribution in [0.25, 0.3) is 5.57 Å². The number of thiol groups is 1. The first kappa shape index (κ1) is 29.3. The summed E-state index contributed by atoms with van der Waals surface area (Å²) in [7, 11) is 0. The molecule has 40 heavy (non-hydrogen) atoms. The number of allylic oxidation sites excluding steroid dienone is 3. The average molecular weight is 571 g/mol. The quantitative estimate of drug-likeness (QED) is 0.204. The van der Waals surface area contributed by atoms with Gasteiger partial charge >= 0.3 is 6.18 Å². The molecule has 0 aliphatic heterocycles. The number of benzene rings is 1. The van der Waals surface area contributed by atoms with Gasteiger partial charge < -0.3 is 10.3 Å². The van der Waals surface area contributed by atoms with Crippen LogP contribution >= 0.6 is 12.8 Å². The standard InChI is InChI=1S/C29H30F4N6S/c1-3-39-17-25(36-18-39)15-28(19(2)26-13-22(8-10-35-26)29(31,32)33)14-20(16-34)27(12-21(28)9-11-37-40)38-24-6-4-23(30)5-7-24/h4-8,10,12-13,16-18,37,40H,2-3,9,11,14-15,34H2,1H3. The highest BCUT2D eigenvalue weighted by Crippen LogP contribution is 2.51. The zero-order valence-corrected chi connectivity index (χ0v) is 22.8.